The second-order valence-electron chi connectivity index (χ2n) is 6.34. The van der Waals surface area contributed by atoms with Crippen LogP contribution in [0.5, 0.6) is 0 Å². The predicted octanol–water partition coefficient (Wildman–Crippen LogP) is 3.64. The molecule has 1 aliphatic rings. The molecule has 1 fully saturated rings. The molecule has 1 saturated carbocycles. The van der Waals surface area contributed by atoms with Gasteiger partial charge in [-0.1, -0.05) is 32.8 Å². The van der Waals surface area contributed by atoms with E-state index in [0.717, 1.165) is 0 Å². The summed E-state index contributed by atoms with van der Waals surface area (Å²) < 4.78 is 27.0. The minimum absolute atomic E-state index is 0.0769. The highest BCUT2D eigenvalue weighted by atomic mass is 32.2. The average molecular weight is 385 g/mol. The number of anilines is 1. The van der Waals surface area contributed by atoms with Crippen LogP contribution in [-0.2, 0) is 14.8 Å². The maximum atomic E-state index is 12.8. The van der Waals surface area contributed by atoms with Gasteiger partial charge in [0.15, 0.2) is 0 Å². The monoisotopic (exact) mass is 384 g/mol. The van der Waals surface area contributed by atoms with Crippen molar-refractivity contribution in [3.8, 4) is 0 Å². The van der Waals surface area contributed by atoms with Crippen LogP contribution in [0.1, 0.15) is 45.1 Å². The van der Waals surface area contributed by atoms with E-state index in [0.29, 0.717) is 35.3 Å². The van der Waals surface area contributed by atoms with Gasteiger partial charge in [-0.15, -0.1) is 11.8 Å². The molecule has 1 N–H and O–H groups in total. The van der Waals surface area contributed by atoms with Crippen LogP contribution in [0.15, 0.2) is 23.1 Å². The minimum Gasteiger partial charge on any atom is -0.325 e. The lowest BCUT2D eigenvalue weighted by molar-refractivity contribution is -0.113. The number of sulfonamides is 1. The summed E-state index contributed by atoms with van der Waals surface area (Å²) in [5.74, 6) is 0.336. The quantitative estimate of drug-likeness (QED) is 0.743. The van der Waals surface area contributed by atoms with Crippen LogP contribution >= 0.6 is 11.8 Å². The van der Waals surface area contributed by atoms with Crippen molar-refractivity contribution in [2.24, 2.45) is 0 Å². The molecule has 140 valence electrons. The van der Waals surface area contributed by atoms with E-state index >= 15 is 0 Å². The molecule has 0 unspecified atom stereocenters. The van der Waals surface area contributed by atoms with Gasteiger partial charge >= 0.3 is 0 Å². The molecule has 0 bridgehead atoms. The fraction of sp³-hybridized carbons (Fsp3) is 0.611. The first kappa shape index (κ1) is 20.3. The van der Waals surface area contributed by atoms with Crippen molar-refractivity contribution < 1.29 is 13.2 Å². The molecule has 7 heteroatoms. The number of hydrogen-bond donors (Lipinski definition) is 1. The van der Waals surface area contributed by atoms with E-state index in [1.165, 1.54) is 30.0 Å². The van der Waals surface area contributed by atoms with E-state index in [2.05, 4.69) is 5.32 Å². The third kappa shape index (κ3) is 5.21. The number of carbonyl (C=O) groups excluding carboxylic acids is 1. The number of hydrogen-bond acceptors (Lipinski definition) is 4. The number of nitrogens with zero attached hydrogens (tertiary/aromatic N) is 1. The van der Waals surface area contributed by atoms with E-state index in [9.17, 15) is 13.2 Å². The Hall–Kier alpha value is -1.05. The van der Waals surface area contributed by atoms with Gasteiger partial charge in [0.25, 0.3) is 0 Å². The summed E-state index contributed by atoms with van der Waals surface area (Å²) in [5.41, 5.74) is 1.22. The Bertz CT molecular complexity index is 694. The highest BCUT2D eigenvalue weighted by molar-refractivity contribution is 8.00. The van der Waals surface area contributed by atoms with Crippen molar-refractivity contribution in [2.45, 2.75) is 56.6 Å². The smallest absolute Gasteiger partial charge is 0.243 e. The van der Waals surface area contributed by atoms with Crippen molar-refractivity contribution in [3.63, 3.8) is 0 Å². The zero-order valence-corrected chi connectivity index (χ0v) is 16.9. The summed E-state index contributed by atoms with van der Waals surface area (Å²) in [5, 5.41) is 3.42. The van der Waals surface area contributed by atoms with Gasteiger partial charge in [0.1, 0.15) is 0 Å². The van der Waals surface area contributed by atoms with E-state index < -0.39 is 10.0 Å². The van der Waals surface area contributed by atoms with Gasteiger partial charge in [-0.3, -0.25) is 4.79 Å². The predicted molar refractivity (Wildman–Crippen MR) is 105 cm³/mol. The SMILES string of the molecule is CCN(CC)S(=O)(=O)c1cc(NC(=O)CSC2CCCC2)ccc1C. The van der Waals surface area contributed by atoms with Crippen molar-refractivity contribution in [2.75, 3.05) is 24.2 Å². The zero-order chi connectivity index (χ0) is 18.4. The first-order chi connectivity index (χ1) is 11.9. The Labute approximate surface area is 155 Å². The first-order valence-corrected chi connectivity index (χ1v) is 11.4. The lowest BCUT2D eigenvalue weighted by atomic mass is 10.2. The summed E-state index contributed by atoms with van der Waals surface area (Å²) >= 11 is 1.70. The van der Waals surface area contributed by atoms with E-state index in [1.807, 2.05) is 13.8 Å². The van der Waals surface area contributed by atoms with E-state index in [4.69, 9.17) is 0 Å². The topological polar surface area (TPSA) is 66.5 Å². The molecule has 0 saturated heterocycles. The second-order valence-corrected chi connectivity index (χ2v) is 9.53. The van der Waals surface area contributed by atoms with Crippen LogP contribution in [0, 0.1) is 6.92 Å². The molecule has 0 atom stereocenters. The van der Waals surface area contributed by atoms with Crippen molar-refractivity contribution >= 4 is 33.4 Å². The molecule has 1 aromatic carbocycles. The fourth-order valence-corrected chi connectivity index (χ4v) is 5.94. The molecule has 1 aromatic rings. The number of rotatable bonds is 8. The van der Waals surface area contributed by atoms with Crippen LogP contribution < -0.4 is 5.32 Å². The minimum atomic E-state index is -3.54. The van der Waals surface area contributed by atoms with Gasteiger partial charge in [0, 0.05) is 24.0 Å². The number of carbonyl (C=O) groups is 1. The Morgan fingerprint density at radius 2 is 1.88 bits per heavy atom. The van der Waals surface area contributed by atoms with Gasteiger partial charge < -0.3 is 5.32 Å². The molecule has 5 nitrogen and oxygen atoms in total. The fourth-order valence-electron chi connectivity index (χ4n) is 3.10. The van der Waals surface area contributed by atoms with Crippen molar-refractivity contribution in [1.82, 2.24) is 4.31 Å². The Balaban J connectivity index is 2.08. The lowest BCUT2D eigenvalue weighted by Crippen LogP contribution is -2.31. The standard InChI is InChI=1S/C18H28N2O3S2/c1-4-20(5-2)25(22,23)17-12-15(11-10-14(17)3)19-18(21)13-24-16-8-6-7-9-16/h10-12,16H,4-9,13H2,1-3H3,(H,19,21). The lowest BCUT2D eigenvalue weighted by Gasteiger charge is -2.20. The van der Waals surface area contributed by atoms with Gasteiger partial charge in [-0.25, -0.2) is 8.42 Å². The number of benzene rings is 1. The molecule has 1 aliphatic carbocycles. The maximum absolute atomic E-state index is 12.8. The van der Waals surface area contributed by atoms with Gasteiger partial charge in [-0.05, 0) is 37.5 Å². The summed E-state index contributed by atoms with van der Waals surface area (Å²) in [7, 11) is -3.54. The Kier molecular flexibility index (Phi) is 7.34. The maximum Gasteiger partial charge on any atom is 0.243 e. The van der Waals surface area contributed by atoms with Crippen LogP contribution in [-0.4, -0.2) is 42.7 Å². The summed E-state index contributed by atoms with van der Waals surface area (Å²) in [6, 6.07) is 5.08. The second kappa shape index (κ2) is 9.05. The van der Waals surface area contributed by atoms with E-state index in [1.54, 1.807) is 36.9 Å². The van der Waals surface area contributed by atoms with E-state index in [-0.39, 0.29) is 10.8 Å². The normalized spacial score (nSPS) is 15.7. The molecule has 0 heterocycles. The molecule has 0 radical (unpaired) electrons. The Morgan fingerprint density at radius 1 is 1.24 bits per heavy atom. The summed E-state index contributed by atoms with van der Waals surface area (Å²) in [6.45, 7) is 6.27. The van der Waals surface area contributed by atoms with Crippen LogP contribution in [0.4, 0.5) is 5.69 Å². The third-order valence-electron chi connectivity index (χ3n) is 4.55. The molecule has 0 aliphatic heterocycles. The third-order valence-corrected chi connectivity index (χ3v) is 8.11. The van der Waals surface area contributed by atoms with Crippen molar-refractivity contribution in [3.05, 3.63) is 23.8 Å². The molecule has 25 heavy (non-hydrogen) atoms. The molecular formula is C18H28N2O3S2. The van der Waals surface area contributed by atoms with Gasteiger partial charge in [0.2, 0.25) is 15.9 Å². The van der Waals surface area contributed by atoms with Crippen LogP contribution in [0.2, 0.25) is 0 Å². The highest BCUT2D eigenvalue weighted by Crippen LogP contribution is 2.29. The number of thioether (sulfide) groups is 1. The molecular weight excluding hydrogens is 356 g/mol. The van der Waals surface area contributed by atoms with Crippen LogP contribution in [0.3, 0.4) is 0 Å². The number of aryl methyl sites for hydroxylation is 1. The average Bonchev–Trinajstić information content (AvgIpc) is 3.09. The summed E-state index contributed by atoms with van der Waals surface area (Å²) in [4.78, 5) is 12.4. The molecule has 0 aromatic heterocycles. The molecule has 1 amide bonds. The zero-order valence-electron chi connectivity index (χ0n) is 15.2. The highest BCUT2D eigenvalue weighted by Gasteiger charge is 2.24. The number of nitrogens with one attached hydrogen (secondary N) is 1. The Morgan fingerprint density at radius 3 is 2.48 bits per heavy atom. The van der Waals surface area contributed by atoms with Gasteiger partial charge in [-0.2, -0.15) is 4.31 Å². The molecule has 0 spiro atoms. The number of amides is 1. The first-order valence-electron chi connectivity index (χ1n) is 8.90. The van der Waals surface area contributed by atoms with Gasteiger partial charge in [0.05, 0.1) is 10.6 Å². The largest absolute Gasteiger partial charge is 0.325 e. The molecule has 2 rings (SSSR count). The van der Waals surface area contributed by atoms with Crippen LogP contribution in [0.25, 0.3) is 0 Å². The van der Waals surface area contributed by atoms with Crippen molar-refractivity contribution in [1.29, 1.82) is 0 Å². The summed E-state index contributed by atoms with van der Waals surface area (Å²) in [6.07, 6.45) is 4.89.